The monoisotopic (exact) mass is 224 g/mol. The number of likely N-dealkylation sites (N-methyl/N-ethyl adjacent to an activating group) is 1. The number of likely N-dealkylation sites (tertiary alicyclic amines) is 1. The molecule has 0 radical (unpaired) electrons. The van der Waals surface area contributed by atoms with Crippen LogP contribution in [0.3, 0.4) is 0 Å². The number of carbonyl (C=O) groups is 1. The van der Waals surface area contributed by atoms with E-state index >= 15 is 0 Å². The van der Waals surface area contributed by atoms with Gasteiger partial charge in [-0.05, 0) is 32.9 Å². The van der Waals surface area contributed by atoms with Crippen LogP contribution in [0.1, 0.15) is 32.6 Å². The SMILES string of the molecule is CC1CN(C2CCC(=O)CC2)CC1N(C)C. The third kappa shape index (κ3) is 2.46. The lowest BCUT2D eigenvalue weighted by molar-refractivity contribution is -0.121. The van der Waals surface area contributed by atoms with E-state index in [0.717, 1.165) is 31.6 Å². The Bertz CT molecular complexity index is 255. The molecule has 2 atom stereocenters. The Balaban J connectivity index is 1.90. The van der Waals surface area contributed by atoms with Crippen LogP contribution in [0.4, 0.5) is 0 Å². The first-order valence-corrected chi connectivity index (χ1v) is 6.50. The largest absolute Gasteiger partial charge is 0.305 e. The highest BCUT2D eigenvalue weighted by Gasteiger charge is 2.35. The summed E-state index contributed by atoms with van der Waals surface area (Å²) in [4.78, 5) is 16.2. The second-order valence-corrected chi connectivity index (χ2v) is 5.73. The summed E-state index contributed by atoms with van der Waals surface area (Å²) in [5.41, 5.74) is 0. The van der Waals surface area contributed by atoms with E-state index in [1.54, 1.807) is 0 Å². The smallest absolute Gasteiger partial charge is 0.133 e. The average Bonchev–Trinajstić information content (AvgIpc) is 2.61. The molecule has 1 aliphatic heterocycles. The highest BCUT2D eigenvalue weighted by atomic mass is 16.1. The van der Waals surface area contributed by atoms with Crippen LogP contribution in [0.15, 0.2) is 0 Å². The Hall–Kier alpha value is -0.410. The summed E-state index contributed by atoms with van der Waals surface area (Å²) < 4.78 is 0. The summed E-state index contributed by atoms with van der Waals surface area (Å²) in [6, 6.07) is 1.36. The van der Waals surface area contributed by atoms with E-state index < -0.39 is 0 Å². The number of rotatable bonds is 2. The van der Waals surface area contributed by atoms with E-state index in [1.165, 1.54) is 13.1 Å². The number of nitrogens with zero attached hydrogens (tertiary/aromatic N) is 2. The molecule has 2 rings (SSSR count). The zero-order valence-corrected chi connectivity index (χ0v) is 10.8. The maximum absolute atomic E-state index is 11.2. The topological polar surface area (TPSA) is 23.6 Å². The molecule has 16 heavy (non-hydrogen) atoms. The van der Waals surface area contributed by atoms with Crippen molar-refractivity contribution in [1.29, 1.82) is 0 Å². The van der Waals surface area contributed by atoms with E-state index in [-0.39, 0.29) is 0 Å². The van der Waals surface area contributed by atoms with Crippen molar-refractivity contribution < 1.29 is 4.79 Å². The van der Waals surface area contributed by atoms with Gasteiger partial charge >= 0.3 is 0 Å². The van der Waals surface area contributed by atoms with Crippen LogP contribution in [0.2, 0.25) is 0 Å². The molecule has 1 aliphatic carbocycles. The number of ketones is 1. The van der Waals surface area contributed by atoms with Gasteiger partial charge in [0.25, 0.3) is 0 Å². The average molecular weight is 224 g/mol. The third-order valence-corrected chi connectivity index (χ3v) is 4.29. The molecule has 2 unspecified atom stereocenters. The molecule has 0 aromatic heterocycles. The first-order chi connectivity index (χ1) is 7.58. The molecule has 0 spiro atoms. The number of hydrogen-bond donors (Lipinski definition) is 0. The van der Waals surface area contributed by atoms with Crippen LogP contribution >= 0.6 is 0 Å². The van der Waals surface area contributed by atoms with Crippen molar-refractivity contribution in [3.8, 4) is 0 Å². The summed E-state index contributed by atoms with van der Waals surface area (Å²) in [5, 5.41) is 0. The van der Waals surface area contributed by atoms with Crippen LogP contribution < -0.4 is 0 Å². The van der Waals surface area contributed by atoms with Gasteiger partial charge in [0.1, 0.15) is 5.78 Å². The summed E-state index contributed by atoms with van der Waals surface area (Å²) in [6.07, 6.45) is 3.79. The molecule has 0 amide bonds. The zero-order valence-electron chi connectivity index (χ0n) is 10.8. The van der Waals surface area contributed by atoms with Crippen LogP contribution in [0.25, 0.3) is 0 Å². The van der Waals surface area contributed by atoms with Crippen LogP contribution in [0.5, 0.6) is 0 Å². The van der Waals surface area contributed by atoms with Crippen molar-refractivity contribution in [2.24, 2.45) is 5.92 Å². The van der Waals surface area contributed by atoms with Gasteiger partial charge in [0, 0.05) is 38.0 Å². The molecular weight excluding hydrogens is 200 g/mol. The lowest BCUT2D eigenvalue weighted by atomic mass is 9.93. The summed E-state index contributed by atoms with van der Waals surface area (Å²) in [5.74, 6) is 1.22. The maximum Gasteiger partial charge on any atom is 0.133 e. The Morgan fingerprint density at radius 1 is 1.19 bits per heavy atom. The number of carbonyl (C=O) groups excluding carboxylic acids is 1. The fourth-order valence-electron chi connectivity index (χ4n) is 3.25. The van der Waals surface area contributed by atoms with E-state index in [4.69, 9.17) is 0 Å². The molecule has 3 nitrogen and oxygen atoms in total. The van der Waals surface area contributed by atoms with Gasteiger partial charge in [-0.15, -0.1) is 0 Å². The molecule has 1 saturated heterocycles. The van der Waals surface area contributed by atoms with Gasteiger partial charge in [-0.2, -0.15) is 0 Å². The van der Waals surface area contributed by atoms with Crippen molar-refractivity contribution in [2.75, 3.05) is 27.2 Å². The number of Topliss-reactive ketones (excluding diaryl/α,β-unsaturated/α-hetero) is 1. The zero-order chi connectivity index (χ0) is 11.7. The molecule has 2 fully saturated rings. The molecule has 92 valence electrons. The minimum Gasteiger partial charge on any atom is -0.305 e. The van der Waals surface area contributed by atoms with Gasteiger partial charge in [-0.3, -0.25) is 9.69 Å². The summed E-state index contributed by atoms with van der Waals surface area (Å²) in [7, 11) is 4.35. The number of hydrogen-bond acceptors (Lipinski definition) is 3. The van der Waals surface area contributed by atoms with Gasteiger partial charge in [-0.25, -0.2) is 0 Å². The highest BCUT2D eigenvalue weighted by molar-refractivity contribution is 5.79. The lowest BCUT2D eigenvalue weighted by Gasteiger charge is -2.31. The fraction of sp³-hybridized carbons (Fsp3) is 0.923. The second-order valence-electron chi connectivity index (χ2n) is 5.73. The lowest BCUT2D eigenvalue weighted by Crippen LogP contribution is -2.39. The summed E-state index contributed by atoms with van der Waals surface area (Å²) in [6.45, 7) is 4.74. The van der Waals surface area contributed by atoms with E-state index in [2.05, 4.69) is 30.8 Å². The minimum atomic E-state index is 0.465. The van der Waals surface area contributed by atoms with E-state index in [9.17, 15) is 4.79 Å². The molecule has 0 N–H and O–H groups in total. The molecule has 0 aromatic carbocycles. The van der Waals surface area contributed by atoms with Gasteiger partial charge < -0.3 is 4.90 Å². The van der Waals surface area contributed by atoms with Crippen LogP contribution in [-0.4, -0.2) is 54.9 Å². The van der Waals surface area contributed by atoms with Gasteiger partial charge in [0.05, 0.1) is 0 Å². The first kappa shape index (κ1) is 12.1. The predicted molar refractivity (Wildman–Crippen MR) is 65.5 cm³/mol. The van der Waals surface area contributed by atoms with Gasteiger partial charge in [0.15, 0.2) is 0 Å². The second kappa shape index (κ2) is 4.84. The van der Waals surface area contributed by atoms with Gasteiger partial charge in [0.2, 0.25) is 0 Å². The van der Waals surface area contributed by atoms with Crippen molar-refractivity contribution >= 4 is 5.78 Å². The van der Waals surface area contributed by atoms with Crippen LogP contribution in [-0.2, 0) is 4.79 Å². The first-order valence-electron chi connectivity index (χ1n) is 6.50. The van der Waals surface area contributed by atoms with Gasteiger partial charge in [-0.1, -0.05) is 6.92 Å². The fourth-order valence-corrected chi connectivity index (χ4v) is 3.25. The van der Waals surface area contributed by atoms with Crippen molar-refractivity contribution in [2.45, 2.75) is 44.7 Å². The van der Waals surface area contributed by atoms with Crippen LogP contribution in [0, 0.1) is 5.92 Å². The molecule has 0 bridgehead atoms. The Morgan fingerprint density at radius 3 is 2.31 bits per heavy atom. The third-order valence-electron chi connectivity index (χ3n) is 4.29. The van der Waals surface area contributed by atoms with Crippen molar-refractivity contribution in [3.05, 3.63) is 0 Å². The predicted octanol–water partition coefficient (Wildman–Crippen LogP) is 1.38. The standard InChI is InChI=1S/C13H24N2O/c1-10-8-15(9-13(10)14(2)3)11-4-6-12(16)7-5-11/h10-11,13H,4-9H2,1-3H3. The molecule has 3 heteroatoms. The maximum atomic E-state index is 11.2. The minimum absolute atomic E-state index is 0.465. The van der Waals surface area contributed by atoms with E-state index in [1.807, 2.05) is 0 Å². The molecule has 1 heterocycles. The Kier molecular flexibility index (Phi) is 3.65. The molecule has 2 aliphatic rings. The Labute approximate surface area is 98.8 Å². The molecular formula is C13H24N2O. The molecule has 0 aromatic rings. The van der Waals surface area contributed by atoms with Crippen molar-refractivity contribution in [3.63, 3.8) is 0 Å². The summed E-state index contributed by atoms with van der Waals surface area (Å²) >= 11 is 0. The molecule has 1 saturated carbocycles. The van der Waals surface area contributed by atoms with E-state index in [0.29, 0.717) is 17.9 Å². The normalized spacial score (nSPS) is 33.9. The highest BCUT2D eigenvalue weighted by Crippen LogP contribution is 2.28. The Morgan fingerprint density at radius 2 is 1.81 bits per heavy atom. The quantitative estimate of drug-likeness (QED) is 0.708. The van der Waals surface area contributed by atoms with Crippen molar-refractivity contribution in [1.82, 2.24) is 9.80 Å².